The molecule has 9 nitrogen and oxygen atoms in total. The van der Waals surface area contributed by atoms with Crippen LogP contribution in [0.1, 0.15) is 108 Å². The van der Waals surface area contributed by atoms with Gasteiger partial charge in [-0.2, -0.15) is 0 Å². The topological polar surface area (TPSA) is 103 Å². The van der Waals surface area contributed by atoms with E-state index in [-0.39, 0.29) is 18.2 Å². The summed E-state index contributed by atoms with van der Waals surface area (Å²) in [5, 5.41) is 11.6. The minimum atomic E-state index is -0.846. The molecule has 0 spiro atoms. The summed E-state index contributed by atoms with van der Waals surface area (Å²) in [5.41, 5.74) is 9.08. The van der Waals surface area contributed by atoms with Gasteiger partial charge in [-0.15, -0.1) is 0 Å². The number of aryl methyl sites for hydroxylation is 2. The second-order valence-electron chi connectivity index (χ2n) is 16.3. The second-order valence-corrected chi connectivity index (χ2v) is 16.3. The molecule has 9 heteroatoms. The zero-order valence-electron chi connectivity index (χ0n) is 32.8. The molecule has 0 saturated carbocycles. The summed E-state index contributed by atoms with van der Waals surface area (Å²) < 4.78 is 15.7. The van der Waals surface area contributed by atoms with E-state index in [4.69, 9.17) is 9.47 Å². The molecule has 4 heterocycles. The summed E-state index contributed by atoms with van der Waals surface area (Å²) in [7, 11) is 4.26. The quantitative estimate of drug-likeness (QED) is 0.187. The number of amides is 1. The van der Waals surface area contributed by atoms with Gasteiger partial charge in [-0.3, -0.25) is 9.59 Å². The number of hydrogen-bond acceptors (Lipinski definition) is 5. The molecule has 2 aliphatic heterocycles. The molecular formula is C45H59N3O6. The van der Waals surface area contributed by atoms with Crippen LogP contribution in [0.2, 0.25) is 0 Å². The van der Waals surface area contributed by atoms with Gasteiger partial charge in [0.05, 0.1) is 12.1 Å². The number of carbonyl (C=O) groups excluding carboxylic acids is 2. The van der Waals surface area contributed by atoms with Gasteiger partial charge in [-0.25, -0.2) is 4.79 Å². The van der Waals surface area contributed by atoms with Crippen LogP contribution in [0.3, 0.4) is 0 Å². The van der Waals surface area contributed by atoms with E-state index in [1.807, 2.05) is 32.0 Å². The molecule has 2 aliphatic carbocycles. The van der Waals surface area contributed by atoms with Crippen molar-refractivity contribution >= 4 is 39.5 Å². The monoisotopic (exact) mass is 737 g/mol. The first-order valence-corrected chi connectivity index (χ1v) is 20.6. The zero-order chi connectivity index (χ0) is 37.9. The van der Waals surface area contributed by atoms with Gasteiger partial charge < -0.3 is 28.6 Å². The van der Waals surface area contributed by atoms with E-state index < -0.39 is 5.97 Å². The molecule has 1 amide bonds. The van der Waals surface area contributed by atoms with Crippen LogP contribution in [0.5, 0.6) is 0 Å². The molecule has 4 aliphatic rings. The van der Waals surface area contributed by atoms with Crippen molar-refractivity contribution in [2.45, 2.75) is 90.9 Å². The summed E-state index contributed by atoms with van der Waals surface area (Å²) >= 11 is 0. The molecule has 2 unspecified atom stereocenters. The number of fused-ring (bicyclic) bond motifs is 6. The van der Waals surface area contributed by atoms with Crippen molar-refractivity contribution in [3.63, 3.8) is 0 Å². The van der Waals surface area contributed by atoms with Crippen molar-refractivity contribution in [1.29, 1.82) is 0 Å². The lowest BCUT2D eigenvalue weighted by Crippen LogP contribution is -2.35. The second kappa shape index (κ2) is 16.8. The van der Waals surface area contributed by atoms with Crippen molar-refractivity contribution in [1.82, 2.24) is 14.0 Å². The summed E-state index contributed by atoms with van der Waals surface area (Å²) in [4.78, 5) is 38.3. The molecule has 8 rings (SSSR count). The molecular weight excluding hydrogens is 679 g/mol. The van der Waals surface area contributed by atoms with Gasteiger partial charge in [0, 0.05) is 92.2 Å². The summed E-state index contributed by atoms with van der Waals surface area (Å²) in [6.07, 6.45) is 12.9. The van der Waals surface area contributed by atoms with E-state index in [1.165, 1.54) is 71.9 Å². The third-order valence-corrected chi connectivity index (χ3v) is 13.2. The molecule has 0 radical (unpaired) electrons. The van der Waals surface area contributed by atoms with E-state index in [1.54, 1.807) is 11.0 Å². The molecule has 1 N–H and O–H groups in total. The third-order valence-electron chi connectivity index (χ3n) is 13.2. The van der Waals surface area contributed by atoms with E-state index in [0.717, 1.165) is 81.3 Å². The maximum absolute atomic E-state index is 13.2. The van der Waals surface area contributed by atoms with Crippen molar-refractivity contribution in [3.05, 3.63) is 70.0 Å². The van der Waals surface area contributed by atoms with Gasteiger partial charge in [0.2, 0.25) is 0 Å². The highest BCUT2D eigenvalue weighted by Gasteiger charge is 2.32. The van der Waals surface area contributed by atoms with Gasteiger partial charge >= 0.3 is 5.97 Å². The number of carboxylic acid groups (broad SMARTS) is 1. The lowest BCUT2D eigenvalue weighted by molar-refractivity contribution is -0.119. The van der Waals surface area contributed by atoms with E-state index in [0.29, 0.717) is 35.9 Å². The highest BCUT2D eigenvalue weighted by Crippen LogP contribution is 2.41. The smallest absolute Gasteiger partial charge is 0.335 e. The minimum absolute atomic E-state index is 0.0387. The Hall–Kier alpha value is -3.95. The summed E-state index contributed by atoms with van der Waals surface area (Å²) in [6.45, 7) is 8.27. The number of rotatable bonds is 9. The van der Waals surface area contributed by atoms with Crippen LogP contribution in [0, 0.1) is 23.7 Å². The number of Topliss-reactive ketones (excluding diaryl/α,β-unsaturated/α-hetero) is 1. The Morgan fingerprint density at radius 1 is 0.704 bits per heavy atom. The van der Waals surface area contributed by atoms with Gasteiger partial charge in [0.1, 0.15) is 0 Å². The fourth-order valence-electron chi connectivity index (χ4n) is 10.1. The fourth-order valence-corrected chi connectivity index (χ4v) is 10.1. The van der Waals surface area contributed by atoms with Gasteiger partial charge in [-0.05, 0) is 149 Å². The Balaban J connectivity index is 0.000000174. The van der Waals surface area contributed by atoms with Gasteiger partial charge in [-0.1, -0.05) is 6.92 Å². The molecule has 54 heavy (non-hydrogen) atoms. The van der Waals surface area contributed by atoms with Crippen LogP contribution in [0.4, 0.5) is 0 Å². The first-order chi connectivity index (χ1) is 26.2. The molecule has 2 fully saturated rings. The normalized spacial score (nSPS) is 20.6. The number of aromatic nitrogens is 2. The Morgan fingerprint density at radius 3 is 1.65 bits per heavy atom. The lowest BCUT2D eigenvalue weighted by atomic mass is 9.75. The molecule has 2 aromatic carbocycles. The molecule has 2 atom stereocenters. The van der Waals surface area contributed by atoms with Crippen LogP contribution in [0.15, 0.2) is 36.4 Å². The molecule has 0 bridgehead atoms. The van der Waals surface area contributed by atoms with Crippen molar-refractivity contribution in [2.75, 3.05) is 39.5 Å². The highest BCUT2D eigenvalue weighted by atomic mass is 16.5. The highest BCUT2D eigenvalue weighted by molar-refractivity contribution is 6.01. The Morgan fingerprint density at radius 2 is 1.19 bits per heavy atom. The molecule has 2 aromatic heterocycles. The Bertz CT molecular complexity index is 2000. The van der Waals surface area contributed by atoms with E-state index >= 15 is 0 Å². The number of nitrogens with zero attached hydrogens (tertiary/aromatic N) is 3. The van der Waals surface area contributed by atoms with Gasteiger partial charge in [0.15, 0.2) is 5.78 Å². The average Bonchev–Trinajstić information content (AvgIpc) is 3.65. The van der Waals surface area contributed by atoms with Crippen molar-refractivity contribution in [2.24, 2.45) is 37.8 Å². The summed E-state index contributed by atoms with van der Waals surface area (Å²) in [5.74, 6) is 2.18. The molecule has 290 valence electrons. The third kappa shape index (κ3) is 7.76. The van der Waals surface area contributed by atoms with E-state index in [2.05, 4.69) is 35.4 Å². The first kappa shape index (κ1) is 38.3. The Labute approximate surface area is 320 Å². The number of benzene rings is 2. The van der Waals surface area contributed by atoms with Crippen molar-refractivity contribution < 1.29 is 29.0 Å². The van der Waals surface area contributed by atoms with Crippen LogP contribution in [-0.4, -0.2) is 76.3 Å². The maximum Gasteiger partial charge on any atom is 0.335 e. The number of carbonyl (C=O) groups is 3. The summed E-state index contributed by atoms with van der Waals surface area (Å²) in [6, 6.07) is 11.6. The largest absolute Gasteiger partial charge is 0.478 e. The average molecular weight is 738 g/mol. The van der Waals surface area contributed by atoms with Gasteiger partial charge in [0.25, 0.3) is 5.91 Å². The number of ketones is 1. The minimum Gasteiger partial charge on any atom is -0.478 e. The van der Waals surface area contributed by atoms with Crippen LogP contribution in [0.25, 0.3) is 21.8 Å². The molecule has 2 saturated heterocycles. The molecule has 4 aromatic rings. The number of carboxylic acids is 1. The van der Waals surface area contributed by atoms with Crippen LogP contribution in [-0.2, 0) is 54.0 Å². The Kier molecular flexibility index (Phi) is 11.9. The number of aromatic carboxylic acids is 1. The maximum atomic E-state index is 13.2. The van der Waals surface area contributed by atoms with Crippen LogP contribution >= 0.6 is 0 Å². The van der Waals surface area contributed by atoms with E-state index in [9.17, 15) is 19.5 Å². The number of hydrogen-bond donors (Lipinski definition) is 1. The lowest BCUT2D eigenvalue weighted by Gasteiger charge is -2.33. The van der Waals surface area contributed by atoms with Crippen molar-refractivity contribution in [3.8, 4) is 0 Å². The number of ether oxygens (including phenoxy) is 2. The zero-order valence-corrected chi connectivity index (χ0v) is 32.8. The van der Waals surface area contributed by atoms with Crippen LogP contribution < -0.4 is 0 Å². The SMILES string of the molecule is CCCC(=O)CN(CC)C(=O)c1ccc2c(c1)c1c(n2C)CCC(C2CCOCC2)C1.Cn1c2c(c3cc(C(=O)O)ccc31)CC(C1CCOCC1)CC2. The predicted octanol–water partition coefficient (Wildman–Crippen LogP) is 7.95. The number of likely N-dealkylation sites (N-methyl/N-ethyl adjacent to an activating group) is 1. The predicted molar refractivity (Wildman–Crippen MR) is 212 cm³/mol. The standard InChI is InChI=1S/C26H36N2O3.C19H23NO3/c1-4-6-21(29)17-28(5-2)26(30)20-8-10-25-23(16-20)22-15-19(7-9-24(22)27(25)3)18-11-13-31-14-12-18;1-20-17-4-2-13(12-6-8-23-9-7-12)10-15(17)16-11-14(19(21)22)3-5-18(16)20/h8,10,16,18-19H,4-7,9,11-15,17H2,1-3H3;3,5,11-13H,2,4,6-10H2,1H3,(H,21,22). The fraction of sp³-hybridized carbons (Fsp3) is 0.578. The first-order valence-electron chi connectivity index (χ1n) is 20.6.